The van der Waals surface area contributed by atoms with E-state index in [9.17, 15) is 10.2 Å². The Balaban J connectivity index is 0.00000137. The second kappa shape index (κ2) is 13.4. The van der Waals surface area contributed by atoms with Crippen LogP contribution >= 0.6 is 17.0 Å². The minimum absolute atomic E-state index is 0.0747. The number of rotatable bonds is 4. The van der Waals surface area contributed by atoms with Gasteiger partial charge in [-0.25, -0.2) is 0 Å². The van der Waals surface area contributed by atoms with Crippen LogP contribution < -0.4 is 0 Å². The van der Waals surface area contributed by atoms with Gasteiger partial charge in [-0.05, 0) is 46.9 Å². The Morgan fingerprint density at radius 1 is 0.743 bits per heavy atom. The number of nitrogens with zero attached hydrogens (tertiary/aromatic N) is 2. The summed E-state index contributed by atoms with van der Waals surface area (Å²) in [5, 5.41) is 21.5. The third kappa shape index (κ3) is 8.72. The number of aromatic hydroxyl groups is 2. The normalized spacial score (nSPS) is 19.0. The summed E-state index contributed by atoms with van der Waals surface area (Å²) < 4.78 is 0. The van der Waals surface area contributed by atoms with Crippen molar-refractivity contribution in [2.24, 2.45) is 9.98 Å². The predicted octanol–water partition coefficient (Wildman–Crippen LogP) is 7.92. The van der Waals surface area contributed by atoms with Crippen LogP contribution in [0.2, 0.25) is 0 Å². The molecule has 190 valence electrons. The molecule has 4 nitrogen and oxygen atoms in total. The van der Waals surface area contributed by atoms with E-state index in [0.29, 0.717) is 11.5 Å². The number of hydrogen-bond donors (Lipinski definition) is 2. The SMILES string of the molecule is CC(C)(C)c1cccc(C=N[C@@H]2CCCC[C@H]2N=Cc2cccc(C(C)(C)C)c2O)c1O.[Cl][Zr][Cl]. The first-order chi connectivity index (χ1) is 16.4. The predicted molar refractivity (Wildman–Crippen MR) is 147 cm³/mol. The Hall–Kier alpha value is -1.16. The molecule has 7 heteroatoms. The van der Waals surface area contributed by atoms with Crippen molar-refractivity contribution in [2.45, 2.75) is 90.1 Å². The molecule has 0 aliphatic heterocycles. The summed E-state index contributed by atoms with van der Waals surface area (Å²) in [6.45, 7) is 12.6. The minimum atomic E-state index is -0.826. The molecular weight excluding hydrogens is 558 g/mol. The second-order valence-corrected chi connectivity index (χ2v) is 14.8. The van der Waals surface area contributed by atoms with E-state index in [-0.39, 0.29) is 22.9 Å². The Morgan fingerprint density at radius 2 is 1.09 bits per heavy atom. The maximum atomic E-state index is 10.7. The van der Waals surface area contributed by atoms with Gasteiger partial charge in [0.25, 0.3) is 0 Å². The number of phenolic OH excluding ortho intramolecular Hbond substituents is 2. The fourth-order valence-corrected chi connectivity index (χ4v) is 4.33. The monoisotopic (exact) mass is 594 g/mol. The number of phenols is 2. The van der Waals surface area contributed by atoms with Crippen LogP contribution in [-0.4, -0.2) is 34.7 Å². The number of benzene rings is 2. The summed E-state index contributed by atoms with van der Waals surface area (Å²) in [6, 6.07) is 11.9. The quantitative estimate of drug-likeness (QED) is 0.352. The van der Waals surface area contributed by atoms with Crippen molar-refractivity contribution >= 4 is 29.5 Å². The third-order valence-corrected chi connectivity index (χ3v) is 6.25. The summed E-state index contributed by atoms with van der Waals surface area (Å²) >= 11 is -0.826. The van der Waals surface area contributed by atoms with E-state index >= 15 is 0 Å². The van der Waals surface area contributed by atoms with Gasteiger partial charge in [0.15, 0.2) is 0 Å². The fraction of sp³-hybridized carbons (Fsp3) is 0.500. The first kappa shape index (κ1) is 30.1. The van der Waals surface area contributed by atoms with Gasteiger partial charge in [-0.2, -0.15) is 0 Å². The van der Waals surface area contributed by atoms with Crippen molar-refractivity contribution in [1.82, 2.24) is 0 Å². The molecule has 1 fully saturated rings. The van der Waals surface area contributed by atoms with E-state index in [1.807, 2.05) is 36.4 Å². The van der Waals surface area contributed by atoms with Gasteiger partial charge in [0.2, 0.25) is 0 Å². The number of hydrogen-bond acceptors (Lipinski definition) is 4. The molecule has 1 aliphatic carbocycles. The van der Waals surface area contributed by atoms with E-state index in [2.05, 4.69) is 41.5 Å². The molecule has 0 saturated heterocycles. The molecule has 0 spiro atoms. The molecule has 2 N–H and O–H groups in total. The van der Waals surface area contributed by atoms with E-state index in [1.54, 1.807) is 12.4 Å². The van der Waals surface area contributed by atoms with Crippen LogP contribution in [0.5, 0.6) is 11.5 Å². The summed E-state index contributed by atoms with van der Waals surface area (Å²) in [6.07, 6.45) is 7.83. The molecule has 2 aromatic carbocycles. The van der Waals surface area contributed by atoms with Crippen LogP contribution in [0.1, 0.15) is 89.5 Å². The molecule has 2 atom stereocenters. The van der Waals surface area contributed by atoms with E-state index in [0.717, 1.165) is 47.9 Å². The molecule has 35 heavy (non-hydrogen) atoms. The molecule has 1 saturated carbocycles. The molecule has 2 aromatic rings. The number of aliphatic imine (C=N–C) groups is 2. The van der Waals surface area contributed by atoms with Crippen LogP contribution in [0.15, 0.2) is 46.4 Å². The van der Waals surface area contributed by atoms with Crippen LogP contribution in [0.4, 0.5) is 0 Å². The van der Waals surface area contributed by atoms with Crippen molar-refractivity contribution in [3.63, 3.8) is 0 Å². The molecule has 1 aliphatic rings. The Kier molecular flexibility index (Phi) is 11.5. The van der Waals surface area contributed by atoms with Gasteiger partial charge in [0.1, 0.15) is 11.5 Å². The average Bonchev–Trinajstić information content (AvgIpc) is 2.77. The molecule has 3 rings (SSSR count). The van der Waals surface area contributed by atoms with Gasteiger partial charge in [-0.1, -0.05) is 78.6 Å². The molecule has 0 aromatic heterocycles. The van der Waals surface area contributed by atoms with Crippen LogP contribution in [-0.2, 0) is 31.7 Å². The molecular formula is C28H38Cl2N2O2Zr. The van der Waals surface area contributed by atoms with Crippen molar-refractivity contribution in [2.75, 3.05) is 0 Å². The summed E-state index contributed by atoms with van der Waals surface area (Å²) in [5.41, 5.74) is 3.09. The summed E-state index contributed by atoms with van der Waals surface area (Å²) in [7, 11) is 9.87. The van der Waals surface area contributed by atoms with Gasteiger partial charge in [-0.15, -0.1) is 0 Å². The molecule has 0 bridgehead atoms. The van der Waals surface area contributed by atoms with Gasteiger partial charge < -0.3 is 10.2 Å². The first-order valence-electron chi connectivity index (χ1n) is 12.1. The van der Waals surface area contributed by atoms with Gasteiger partial charge in [0.05, 0.1) is 12.1 Å². The summed E-state index contributed by atoms with van der Waals surface area (Å²) in [5.74, 6) is 0.618. The van der Waals surface area contributed by atoms with Crippen LogP contribution in [0.3, 0.4) is 0 Å². The van der Waals surface area contributed by atoms with Gasteiger partial charge >= 0.3 is 37.9 Å². The fourth-order valence-electron chi connectivity index (χ4n) is 4.33. The van der Waals surface area contributed by atoms with Crippen LogP contribution in [0.25, 0.3) is 0 Å². The van der Waals surface area contributed by atoms with Gasteiger partial charge in [-0.3, -0.25) is 9.98 Å². The van der Waals surface area contributed by atoms with Crippen molar-refractivity contribution in [1.29, 1.82) is 0 Å². The summed E-state index contributed by atoms with van der Waals surface area (Å²) in [4.78, 5) is 9.70. The number of para-hydroxylation sites is 2. The molecule has 0 unspecified atom stereocenters. The maximum absolute atomic E-state index is 10.7. The van der Waals surface area contributed by atoms with Gasteiger partial charge in [0, 0.05) is 23.6 Å². The van der Waals surface area contributed by atoms with Crippen molar-refractivity contribution in [3.05, 3.63) is 58.7 Å². The molecule has 0 radical (unpaired) electrons. The first-order valence-corrected chi connectivity index (χ1v) is 18.4. The Labute approximate surface area is 229 Å². The second-order valence-electron chi connectivity index (χ2n) is 11.0. The third-order valence-electron chi connectivity index (χ3n) is 6.25. The average molecular weight is 597 g/mol. The zero-order valence-corrected chi connectivity index (χ0v) is 25.6. The molecule has 0 amide bonds. The van der Waals surface area contributed by atoms with Crippen LogP contribution in [0, 0.1) is 0 Å². The standard InChI is InChI=1S/C28H38N2O2.2ClH.Zr/c1-27(2,3)21-13-9-11-19(25(21)31)17-29-23-15-7-8-16-24(23)30-18-20-12-10-14-22(26(20)32)28(4,5)6;;;/h9-14,17-18,23-24,31-32H,7-8,15-16H2,1-6H3;2*1H;/q;;;+2/p-2/t23-,24-;;;/m1.../s1. The Morgan fingerprint density at radius 3 is 1.40 bits per heavy atom. The van der Waals surface area contributed by atoms with Crippen molar-refractivity contribution < 1.29 is 31.1 Å². The van der Waals surface area contributed by atoms with E-state index < -0.39 is 20.8 Å². The zero-order chi connectivity index (χ0) is 26.2. The zero-order valence-electron chi connectivity index (χ0n) is 21.6. The number of halogens is 2. The Bertz CT molecular complexity index is 945. The van der Waals surface area contributed by atoms with E-state index in [1.165, 1.54) is 0 Å². The van der Waals surface area contributed by atoms with Crippen molar-refractivity contribution in [3.8, 4) is 11.5 Å². The molecule has 0 heterocycles. The van der Waals surface area contributed by atoms with E-state index in [4.69, 9.17) is 27.0 Å². The topological polar surface area (TPSA) is 65.2 Å².